The highest BCUT2D eigenvalue weighted by Gasteiger charge is 2.18. The molecule has 0 atom stereocenters. The molecule has 7 nitrogen and oxygen atoms in total. The smallest absolute Gasteiger partial charge is 0.283 e. The van der Waals surface area contributed by atoms with Crippen molar-refractivity contribution in [3.63, 3.8) is 0 Å². The van der Waals surface area contributed by atoms with Gasteiger partial charge in [0.2, 0.25) is 10.0 Å². The van der Waals surface area contributed by atoms with Crippen molar-refractivity contribution in [3.05, 3.63) is 32.8 Å². The summed E-state index contributed by atoms with van der Waals surface area (Å²) in [5, 5.41) is 13.4. The molecule has 0 aromatic heterocycles. The first-order valence-electron chi connectivity index (χ1n) is 4.96. The second-order valence-corrected chi connectivity index (χ2v) is 5.99. The van der Waals surface area contributed by atoms with Crippen molar-refractivity contribution in [2.75, 3.05) is 20.1 Å². The Morgan fingerprint density at radius 3 is 2.56 bits per heavy atom. The van der Waals surface area contributed by atoms with Crippen LogP contribution in [-0.2, 0) is 10.0 Å². The minimum Gasteiger partial charge on any atom is -0.318 e. The first kappa shape index (κ1) is 15.0. The summed E-state index contributed by atoms with van der Waals surface area (Å²) in [7, 11) is -1.93. The lowest BCUT2D eigenvalue weighted by atomic mass is 10.3. The van der Waals surface area contributed by atoms with Crippen LogP contribution in [0, 0.1) is 10.1 Å². The maximum absolute atomic E-state index is 11.8. The zero-order chi connectivity index (χ0) is 13.8. The lowest BCUT2D eigenvalue weighted by Crippen LogP contribution is -2.30. The van der Waals surface area contributed by atoms with Gasteiger partial charge in [0.25, 0.3) is 5.69 Å². The molecule has 1 rings (SSSR count). The Hall–Kier alpha value is -1.03. The number of nitro groups is 1. The van der Waals surface area contributed by atoms with Crippen LogP contribution >= 0.6 is 15.9 Å². The minimum atomic E-state index is -3.64. The van der Waals surface area contributed by atoms with Gasteiger partial charge in [0.15, 0.2) is 0 Å². The van der Waals surface area contributed by atoms with Crippen LogP contribution in [0.1, 0.15) is 0 Å². The summed E-state index contributed by atoms with van der Waals surface area (Å²) in [5.74, 6) is 0. The second-order valence-electron chi connectivity index (χ2n) is 3.37. The van der Waals surface area contributed by atoms with E-state index in [4.69, 9.17) is 0 Å². The molecule has 100 valence electrons. The molecular formula is C9H12BrN3O4S. The number of likely N-dealkylation sites (N-methyl/N-ethyl adjacent to an activating group) is 1. The topological polar surface area (TPSA) is 101 Å². The number of nitrogens with zero attached hydrogens (tertiary/aromatic N) is 1. The van der Waals surface area contributed by atoms with Crippen LogP contribution in [0.25, 0.3) is 0 Å². The highest BCUT2D eigenvalue weighted by molar-refractivity contribution is 9.10. The van der Waals surface area contributed by atoms with Gasteiger partial charge in [-0.15, -0.1) is 0 Å². The highest BCUT2D eigenvalue weighted by Crippen LogP contribution is 2.27. The summed E-state index contributed by atoms with van der Waals surface area (Å²) in [5.41, 5.74) is -0.177. The molecule has 0 fully saturated rings. The number of halogens is 1. The number of sulfonamides is 1. The van der Waals surface area contributed by atoms with Crippen LogP contribution in [0.5, 0.6) is 0 Å². The van der Waals surface area contributed by atoms with Gasteiger partial charge in [-0.05, 0) is 35.1 Å². The Kier molecular flexibility index (Phi) is 5.20. The molecule has 0 saturated heterocycles. The van der Waals surface area contributed by atoms with Crippen molar-refractivity contribution in [1.82, 2.24) is 10.0 Å². The number of nitrogens with one attached hydrogen (secondary N) is 2. The minimum absolute atomic E-state index is 0.0175. The Balaban J connectivity index is 2.97. The van der Waals surface area contributed by atoms with Crippen molar-refractivity contribution in [2.45, 2.75) is 4.90 Å². The predicted octanol–water partition coefficient (Wildman–Crippen LogP) is 0.855. The second kappa shape index (κ2) is 6.23. The van der Waals surface area contributed by atoms with Gasteiger partial charge in [-0.25, -0.2) is 13.1 Å². The van der Waals surface area contributed by atoms with Gasteiger partial charge in [0.05, 0.1) is 14.3 Å². The zero-order valence-corrected chi connectivity index (χ0v) is 11.9. The average molecular weight is 338 g/mol. The van der Waals surface area contributed by atoms with E-state index in [1.54, 1.807) is 7.05 Å². The van der Waals surface area contributed by atoms with Gasteiger partial charge in [0.1, 0.15) is 0 Å². The zero-order valence-electron chi connectivity index (χ0n) is 9.51. The van der Waals surface area contributed by atoms with Gasteiger partial charge < -0.3 is 5.32 Å². The molecule has 0 unspecified atom stereocenters. The third-order valence-corrected chi connectivity index (χ3v) is 4.19. The molecular weight excluding hydrogens is 326 g/mol. The molecule has 9 heteroatoms. The van der Waals surface area contributed by atoms with E-state index in [1.165, 1.54) is 12.1 Å². The molecule has 1 aromatic rings. The lowest BCUT2D eigenvalue weighted by Gasteiger charge is -2.06. The van der Waals surface area contributed by atoms with Crippen LogP contribution < -0.4 is 10.0 Å². The van der Waals surface area contributed by atoms with Crippen molar-refractivity contribution >= 4 is 31.6 Å². The first-order chi connectivity index (χ1) is 8.38. The van der Waals surface area contributed by atoms with Crippen LogP contribution in [-0.4, -0.2) is 33.5 Å². The fraction of sp³-hybridized carbons (Fsp3) is 0.333. The molecule has 0 radical (unpaired) electrons. The summed E-state index contributed by atoms with van der Waals surface area (Å²) in [6.07, 6.45) is 0. The Morgan fingerprint density at radius 2 is 2.06 bits per heavy atom. The van der Waals surface area contributed by atoms with Crippen LogP contribution in [0.3, 0.4) is 0 Å². The standard InChI is InChI=1S/C9H12BrN3O4S/c1-11-4-5-12-18(16,17)7-2-3-9(13(14)15)8(10)6-7/h2-3,6,11-12H,4-5H2,1H3. The molecule has 0 amide bonds. The van der Waals surface area contributed by atoms with E-state index in [0.717, 1.165) is 6.07 Å². The van der Waals surface area contributed by atoms with Gasteiger partial charge in [-0.2, -0.15) is 0 Å². The molecule has 2 N–H and O–H groups in total. The van der Waals surface area contributed by atoms with E-state index in [-0.39, 0.29) is 21.6 Å². The fourth-order valence-corrected chi connectivity index (χ4v) is 2.93. The summed E-state index contributed by atoms with van der Waals surface area (Å²) < 4.78 is 26.1. The van der Waals surface area contributed by atoms with Crippen molar-refractivity contribution in [2.24, 2.45) is 0 Å². The van der Waals surface area contributed by atoms with Gasteiger partial charge in [-0.1, -0.05) is 0 Å². The molecule has 0 heterocycles. The maximum Gasteiger partial charge on any atom is 0.283 e. The van der Waals surface area contributed by atoms with E-state index in [9.17, 15) is 18.5 Å². The summed E-state index contributed by atoms with van der Waals surface area (Å²) in [6, 6.07) is 3.56. The monoisotopic (exact) mass is 337 g/mol. The van der Waals surface area contributed by atoms with E-state index in [2.05, 4.69) is 26.0 Å². The molecule has 0 aliphatic rings. The fourth-order valence-electron chi connectivity index (χ4n) is 1.20. The largest absolute Gasteiger partial charge is 0.318 e. The lowest BCUT2D eigenvalue weighted by molar-refractivity contribution is -0.385. The quantitative estimate of drug-likeness (QED) is 0.455. The first-order valence-corrected chi connectivity index (χ1v) is 7.24. The Labute approximate surface area is 113 Å². The number of hydrogen-bond donors (Lipinski definition) is 2. The normalized spacial score (nSPS) is 11.4. The maximum atomic E-state index is 11.8. The van der Waals surface area contributed by atoms with Crippen molar-refractivity contribution < 1.29 is 13.3 Å². The molecule has 0 aliphatic carbocycles. The van der Waals surface area contributed by atoms with Crippen LogP contribution in [0.2, 0.25) is 0 Å². The molecule has 18 heavy (non-hydrogen) atoms. The van der Waals surface area contributed by atoms with E-state index in [0.29, 0.717) is 6.54 Å². The Morgan fingerprint density at radius 1 is 1.39 bits per heavy atom. The van der Waals surface area contributed by atoms with Crippen molar-refractivity contribution in [1.29, 1.82) is 0 Å². The summed E-state index contributed by atoms with van der Waals surface area (Å²) in [4.78, 5) is 9.99. The third-order valence-electron chi connectivity index (χ3n) is 2.09. The number of benzene rings is 1. The van der Waals surface area contributed by atoms with E-state index >= 15 is 0 Å². The van der Waals surface area contributed by atoms with Crippen LogP contribution in [0.15, 0.2) is 27.6 Å². The number of nitro benzene ring substituents is 1. The molecule has 0 aliphatic heterocycles. The molecule has 0 bridgehead atoms. The Bertz CT molecular complexity index is 547. The SMILES string of the molecule is CNCCNS(=O)(=O)c1ccc([N+](=O)[O-])c(Br)c1. The van der Waals surface area contributed by atoms with E-state index < -0.39 is 14.9 Å². The molecule has 1 aromatic carbocycles. The van der Waals surface area contributed by atoms with Gasteiger partial charge >= 0.3 is 0 Å². The number of hydrogen-bond acceptors (Lipinski definition) is 5. The van der Waals surface area contributed by atoms with Gasteiger partial charge in [0, 0.05) is 19.2 Å². The predicted molar refractivity (Wildman–Crippen MR) is 69.9 cm³/mol. The number of rotatable bonds is 6. The van der Waals surface area contributed by atoms with Gasteiger partial charge in [-0.3, -0.25) is 10.1 Å². The highest BCUT2D eigenvalue weighted by atomic mass is 79.9. The molecule has 0 saturated carbocycles. The summed E-state index contributed by atoms with van der Waals surface area (Å²) in [6.45, 7) is 0.737. The van der Waals surface area contributed by atoms with Crippen LogP contribution in [0.4, 0.5) is 5.69 Å². The summed E-state index contributed by atoms with van der Waals surface area (Å²) >= 11 is 2.98. The average Bonchev–Trinajstić information content (AvgIpc) is 2.28. The molecule has 0 spiro atoms. The van der Waals surface area contributed by atoms with E-state index in [1.807, 2.05) is 0 Å². The third kappa shape index (κ3) is 3.73. The van der Waals surface area contributed by atoms with Crippen molar-refractivity contribution in [3.8, 4) is 0 Å².